The summed E-state index contributed by atoms with van der Waals surface area (Å²) in [6.07, 6.45) is 1.85. The third kappa shape index (κ3) is 2.71. The minimum Gasteiger partial charge on any atom is -0.0985 e. The molecule has 0 aliphatic rings. The van der Waals surface area contributed by atoms with Crippen molar-refractivity contribution in [2.24, 2.45) is 0 Å². The van der Waals surface area contributed by atoms with E-state index in [1.54, 1.807) is 0 Å². The summed E-state index contributed by atoms with van der Waals surface area (Å²) >= 11 is 0. The van der Waals surface area contributed by atoms with Crippen LogP contribution in [0.5, 0.6) is 0 Å². The Labute approximate surface area is 128 Å². The van der Waals surface area contributed by atoms with Crippen LogP contribution in [-0.4, -0.2) is 0 Å². The van der Waals surface area contributed by atoms with Gasteiger partial charge in [0.25, 0.3) is 0 Å². The fourth-order valence-corrected chi connectivity index (χ4v) is 3.14. The normalized spacial score (nSPS) is 11.2. The maximum atomic E-state index is 4.18. The molecule has 0 aliphatic carbocycles. The molecule has 0 spiro atoms. The predicted molar refractivity (Wildman–Crippen MR) is 93.7 cm³/mol. The third-order valence-electron chi connectivity index (χ3n) is 4.33. The number of hydrogen-bond acceptors (Lipinski definition) is 0. The maximum absolute atomic E-state index is 4.18. The molecule has 0 heteroatoms. The van der Waals surface area contributed by atoms with Gasteiger partial charge in [-0.1, -0.05) is 75.5 Å². The molecule has 0 fully saturated rings. The minimum absolute atomic E-state index is 0.0708. The van der Waals surface area contributed by atoms with Gasteiger partial charge in [-0.2, -0.15) is 0 Å². The standard InChI is InChI=1S/C21H24/c1-7-15(2)20-17(4)12-10-14-19(20)21(5,6)18-13-9-8-11-16(18)3/h7-14H,1-2H2,3-6H3. The van der Waals surface area contributed by atoms with Gasteiger partial charge in [-0.3, -0.25) is 0 Å². The SMILES string of the molecule is C=CC(=C)c1c(C)cccc1C(C)(C)c1ccccc1C. The van der Waals surface area contributed by atoms with Crippen molar-refractivity contribution in [3.8, 4) is 0 Å². The van der Waals surface area contributed by atoms with Gasteiger partial charge in [0.05, 0.1) is 0 Å². The van der Waals surface area contributed by atoms with Crippen LogP contribution in [0, 0.1) is 13.8 Å². The molecule has 0 saturated heterocycles. The number of hydrogen-bond donors (Lipinski definition) is 0. The van der Waals surface area contributed by atoms with E-state index in [-0.39, 0.29) is 5.41 Å². The highest BCUT2D eigenvalue weighted by atomic mass is 14.3. The van der Waals surface area contributed by atoms with E-state index in [1.807, 2.05) is 6.08 Å². The van der Waals surface area contributed by atoms with Crippen molar-refractivity contribution >= 4 is 5.57 Å². The number of allylic oxidation sites excluding steroid dienone is 2. The highest BCUT2D eigenvalue weighted by Gasteiger charge is 2.27. The largest absolute Gasteiger partial charge is 0.0985 e. The van der Waals surface area contributed by atoms with Crippen molar-refractivity contribution in [1.29, 1.82) is 0 Å². The zero-order valence-electron chi connectivity index (χ0n) is 13.5. The average molecular weight is 276 g/mol. The summed E-state index contributed by atoms with van der Waals surface area (Å²) in [6, 6.07) is 15.1. The van der Waals surface area contributed by atoms with Crippen LogP contribution in [0.4, 0.5) is 0 Å². The van der Waals surface area contributed by atoms with Gasteiger partial charge >= 0.3 is 0 Å². The zero-order valence-corrected chi connectivity index (χ0v) is 13.5. The molecule has 108 valence electrons. The van der Waals surface area contributed by atoms with Gasteiger partial charge in [0.2, 0.25) is 0 Å². The molecule has 0 aliphatic heterocycles. The third-order valence-corrected chi connectivity index (χ3v) is 4.33. The molecule has 2 rings (SSSR count). The first-order chi connectivity index (χ1) is 9.89. The van der Waals surface area contributed by atoms with Crippen LogP contribution >= 0.6 is 0 Å². The molecular weight excluding hydrogens is 252 g/mol. The van der Waals surface area contributed by atoms with Crippen molar-refractivity contribution < 1.29 is 0 Å². The molecular formula is C21H24. The molecule has 0 aromatic heterocycles. The summed E-state index contributed by atoms with van der Waals surface area (Å²) < 4.78 is 0. The van der Waals surface area contributed by atoms with Crippen LogP contribution < -0.4 is 0 Å². The van der Waals surface area contributed by atoms with Gasteiger partial charge < -0.3 is 0 Å². The van der Waals surface area contributed by atoms with Gasteiger partial charge in [0.1, 0.15) is 0 Å². The highest BCUT2D eigenvalue weighted by molar-refractivity contribution is 5.77. The maximum Gasteiger partial charge on any atom is 0.0155 e. The van der Waals surface area contributed by atoms with Crippen LogP contribution in [0.15, 0.2) is 61.7 Å². The monoisotopic (exact) mass is 276 g/mol. The Morgan fingerprint density at radius 1 is 0.905 bits per heavy atom. The molecule has 2 aromatic rings. The van der Waals surface area contributed by atoms with Crippen molar-refractivity contribution in [3.63, 3.8) is 0 Å². The first kappa shape index (κ1) is 15.3. The lowest BCUT2D eigenvalue weighted by Crippen LogP contribution is -2.22. The number of benzene rings is 2. The summed E-state index contributed by atoms with van der Waals surface area (Å²) in [5.41, 5.74) is 7.37. The van der Waals surface area contributed by atoms with Gasteiger partial charge in [-0.15, -0.1) is 0 Å². The summed E-state index contributed by atoms with van der Waals surface area (Å²) in [6.45, 7) is 16.9. The Hall–Kier alpha value is -2.08. The lowest BCUT2D eigenvalue weighted by molar-refractivity contribution is 0.633. The highest BCUT2D eigenvalue weighted by Crippen LogP contribution is 2.38. The quantitative estimate of drug-likeness (QED) is 0.616. The summed E-state index contributed by atoms with van der Waals surface area (Å²) in [5.74, 6) is 0. The molecule has 0 radical (unpaired) electrons. The van der Waals surface area contributed by atoms with Crippen molar-refractivity contribution in [2.75, 3.05) is 0 Å². The van der Waals surface area contributed by atoms with E-state index in [9.17, 15) is 0 Å². The fourth-order valence-electron chi connectivity index (χ4n) is 3.14. The molecule has 0 nitrogen and oxygen atoms in total. The molecule has 0 N–H and O–H groups in total. The Morgan fingerprint density at radius 3 is 2.10 bits per heavy atom. The molecule has 0 bridgehead atoms. The van der Waals surface area contributed by atoms with Crippen molar-refractivity contribution in [3.05, 3.63) is 89.5 Å². The van der Waals surface area contributed by atoms with Crippen LogP contribution in [0.25, 0.3) is 5.57 Å². The Kier molecular flexibility index (Phi) is 4.18. The second kappa shape index (κ2) is 5.73. The van der Waals surface area contributed by atoms with Gasteiger partial charge in [-0.25, -0.2) is 0 Å². The predicted octanol–water partition coefficient (Wildman–Crippen LogP) is 5.83. The van der Waals surface area contributed by atoms with E-state index < -0.39 is 0 Å². The lowest BCUT2D eigenvalue weighted by atomic mass is 9.73. The Balaban J connectivity index is 2.71. The molecule has 0 heterocycles. The second-order valence-corrected chi connectivity index (χ2v) is 6.17. The van der Waals surface area contributed by atoms with Crippen molar-refractivity contribution in [1.82, 2.24) is 0 Å². The minimum atomic E-state index is -0.0708. The van der Waals surface area contributed by atoms with Crippen LogP contribution in [0.3, 0.4) is 0 Å². The second-order valence-electron chi connectivity index (χ2n) is 6.17. The molecule has 0 unspecified atom stereocenters. The molecule has 2 aromatic carbocycles. The van der Waals surface area contributed by atoms with E-state index in [4.69, 9.17) is 0 Å². The zero-order chi connectivity index (χ0) is 15.6. The molecule has 0 amide bonds. The smallest absolute Gasteiger partial charge is 0.0155 e. The van der Waals surface area contributed by atoms with Crippen LogP contribution in [0.2, 0.25) is 0 Å². The first-order valence-electron chi connectivity index (χ1n) is 7.37. The topological polar surface area (TPSA) is 0 Å². The number of aryl methyl sites for hydroxylation is 2. The summed E-state index contributed by atoms with van der Waals surface area (Å²) in [4.78, 5) is 0. The summed E-state index contributed by atoms with van der Waals surface area (Å²) in [7, 11) is 0. The molecule has 21 heavy (non-hydrogen) atoms. The Morgan fingerprint density at radius 2 is 1.48 bits per heavy atom. The van der Waals surface area contributed by atoms with E-state index in [1.165, 1.54) is 27.8 Å². The molecule has 0 atom stereocenters. The Bertz CT molecular complexity index is 687. The van der Waals surface area contributed by atoms with Crippen LogP contribution in [0.1, 0.15) is 41.7 Å². The fraction of sp³-hybridized carbons (Fsp3) is 0.238. The van der Waals surface area contributed by atoms with E-state index >= 15 is 0 Å². The van der Waals surface area contributed by atoms with E-state index in [2.05, 4.69) is 83.3 Å². The number of rotatable bonds is 4. The summed E-state index contributed by atoms with van der Waals surface area (Å²) in [5, 5.41) is 0. The van der Waals surface area contributed by atoms with Gasteiger partial charge in [-0.05, 0) is 47.2 Å². The van der Waals surface area contributed by atoms with Crippen molar-refractivity contribution in [2.45, 2.75) is 33.1 Å². The first-order valence-corrected chi connectivity index (χ1v) is 7.37. The van der Waals surface area contributed by atoms with Crippen LogP contribution in [-0.2, 0) is 5.41 Å². The van der Waals surface area contributed by atoms with E-state index in [0.29, 0.717) is 0 Å². The molecule has 0 saturated carbocycles. The van der Waals surface area contributed by atoms with Gasteiger partial charge in [0.15, 0.2) is 0 Å². The van der Waals surface area contributed by atoms with Gasteiger partial charge in [0, 0.05) is 5.41 Å². The average Bonchev–Trinajstić information content (AvgIpc) is 2.46. The lowest BCUT2D eigenvalue weighted by Gasteiger charge is -2.31. The van der Waals surface area contributed by atoms with E-state index in [0.717, 1.165) is 5.57 Å².